The molecule has 0 unspecified atom stereocenters. The maximum Gasteiger partial charge on any atom is 0.162 e. The molecule has 1 fully saturated rings. The van der Waals surface area contributed by atoms with Gasteiger partial charge in [0.1, 0.15) is 11.4 Å². The van der Waals surface area contributed by atoms with Crippen molar-refractivity contribution in [3.8, 4) is 11.1 Å². The molecule has 4 heterocycles. The van der Waals surface area contributed by atoms with Gasteiger partial charge in [-0.1, -0.05) is 40.6 Å². The Labute approximate surface area is 156 Å². The summed E-state index contributed by atoms with van der Waals surface area (Å²) in [5.41, 5.74) is 6.00. The van der Waals surface area contributed by atoms with Crippen molar-refractivity contribution in [2.24, 2.45) is 0 Å². The summed E-state index contributed by atoms with van der Waals surface area (Å²) in [6.07, 6.45) is 8.12. The van der Waals surface area contributed by atoms with E-state index in [1.807, 2.05) is 42.0 Å². The molecule has 1 aliphatic rings. The van der Waals surface area contributed by atoms with E-state index in [1.54, 1.807) is 0 Å². The third-order valence-electron chi connectivity index (χ3n) is 5.25. The van der Waals surface area contributed by atoms with Gasteiger partial charge in [0.25, 0.3) is 0 Å². The van der Waals surface area contributed by atoms with Crippen LogP contribution in [0.4, 0.5) is 0 Å². The third kappa shape index (κ3) is 2.90. The molecule has 0 aliphatic carbocycles. The van der Waals surface area contributed by atoms with Crippen molar-refractivity contribution in [2.45, 2.75) is 32.4 Å². The van der Waals surface area contributed by atoms with E-state index >= 15 is 0 Å². The van der Waals surface area contributed by atoms with Crippen LogP contribution in [0, 0.1) is 6.92 Å². The van der Waals surface area contributed by atoms with Crippen molar-refractivity contribution in [3.05, 3.63) is 65.9 Å². The lowest BCUT2D eigenvalue weighted by atomic mass is 10.1. The molecule has 7 heteroatoms. The van der Waals surface area contributed by atoms with Crippen LogP contribution in [0.3, 0.4) is 0 Å². The van der Waals surface area contributed by atoms with E-state index in [1.165, 1.54) is 0 Å². The first kappa shape index (κ1) is 16.1. The van der Waals surface area contributed by atoms with Gasteiger partial charge in [0.2, 0.25) is 0 Å². The van der Waals surface area contributed by atoms with Gasteiger partial charge in [-0.2, -0.15) is 5.10 Å². The van der Waals surface area contributed by atoms with Gasteiger partial charge in [-0.15, -0.1) is 0 Å². The van der Waals surface area contributed by atoms with Gasteiger partial charge < -0.3 is 0 Å². The number of benzene rings is 1. The Morgan fingerprint density at radius 2 is 2.04 bits per heavy atom. The number of hydrogen-bond donors (Lipinski definition) is 0. The molecular weight excluding hydrogens is 340 g/mol. The van der Waals surface area contributed by atoms with Crippen molar-refractivity contribution < 1.29 is 4.63 Å². The predicted molar refractivity (Wildman–Crippen MR) is 99.8 cm³/mol. The van der Waals surface area contributed by atoms with E-state index in [2.05, 4.69) is 38.6 Å². The zero-order valence-corrected chi connectivity index (χ0v) is 15.1. The van der Waals surface area contributed by atoms with Gasteiger partial charge in [-0.05, 0) is 31.9 Å². The van der Waals surface area contributed by atoms with Gasteiger partial charge in [0.15, 0.2) is 5.65 Å². The topological polar surface area (TPSA) is 72.3 Å². The summed E-state index contributed by atoms with van der Waals surface area (Å²) in [6.45, 7) is 3.79. The lowest BCUT2D eigenvalue weighted by Crippen LogP contribution is -2.23. The summed E-state index contributed by atoms with van der Waals surface area (Å²) in [7, 11) is 0. The zero-order valence-electron chi connectivity index (χ0n) is 15.1. The van der Waals surface area contributed by atoms with Gasteiger partial charge in [0.05, 0.1) is 12.2 Å². The van der Waals surface area contributed by atoms with Crippen molar-refractivity contribution in [1.82, 2.24) is 29.8 Å². The summed E-state index contributed by atoms with van der Waals surface area (Å²) in [6, 6.07) is 10.5. The normalized spacial score (nSPS) is 17.7. The van der Waals surface area contributed by atoms with E-state index in [0.717, 1.165) is 59.7 Å². The molecule has 5 rings (SSSR count). The molecule has 27 heavy (non-hydrogen) atoms. The van der Waals surface area contributed by atoms with Crippen LogP contribution in [0.5, 0.6) is 0 Å². The van der Waals surface area contributed by atoms with Gasteiger partial charge >= 0.3 is 0 Å². The molecular formula is C20H20N6O. The van der Waals surface area contributed by atoms with Crippen LogP contribution >= 0.6 is 0 Å². The number of likely N-dealkylation sites (tertiary alicyclic amines) is 1. The maximum atomic E-state index is 4.91. The Morgan fingerprint density at radius 3 is 2.85 bits per heavy atom. The van der Waals surface area contributed by atoms with Crippen molar-refractivity contribution >= 4 is 5.65 Å². The van der Waals surface area contributed by atoms with Crippen LogP contribution in [0.2, 0.25) is 0 Å². The Balaban J connectivity index is 1.42. The maximum absolute atomic E-state index is 4.91. The molecule has 136 valence electrons. The zero-order chi connectivity index (χ0) is 18.2. The molecule has 0 spiro atoms. The first-order chi connectivity index (χ1) is 13.3. The first-order valence-electron chi connectivity index (χ1n) is 9.20. The van der Waals surface area contributed by atoms with Gasteiger partial charge in [0, 0.05) is 30.1 Å². The Morgan fingerprint density at radius 1 is 1.15 bits per heavy atom. The fourth-order valence-corrected chi connectivity index (χ4v) is 3.92. The number of aromatic nitrogens is 5. The molecule has 0 amide bonds. The SMILES string of the molecule is Cc1nonc1[C@H]1CCCN1Cc1cnc2c(-c3ccccc3)cnn2c1. The van der Waals surface area contributed by atoms with Crippen LogP contribution < -0.4 is 0 Å². The predicted octanol–water partition coefficient (Wildman–Crippen LogP) is 3.42. The monoisotopic (exact) mass is 360 g/mol. The Hall–Kier alpha value is -3.06. The molecule has 1 aliphatic heterocycles. The van der Waals surface area contributed by atoms with Crippen LogP contribution in [-0.4, -0.2) is 36.4 Å². The molecule has 0 radical (unpaired) electrons. The average Bonchev–Trinajstić information content (AvgIpc) is 3.42. The highest BCUT2D eigenvalue weighted by Crippen LogP contribution is 2.33. The highest BCUT2D eigenvalue weighted by atomic mass is 16.6. The molecule has 0 saturated carbocycles. The van der Waals surface area contributed by atoms with E-state index in [0.29, 0.717) is 0 Å². The molecule has 7 nitrogen and oxygen atoms in total. The molecule has 3 aromatic heterocycles. The minimum atomic E-state index is 0.254. The molecule has 1 aromatic carbocycles. The smallest absolute Gasteiger partial charge is 0.162 e. The summed E-state index contributed by atoms with van der Waals surface area (Å²) in [5, 5.41) is 12.6. The lowest BCUT2D eigenvalue weighted by Gasteiger charge is -2.22. The van der Waals surface area contributed by atoms with Gasteiger partial charge in [-0.25, -0.2) is 14.1 Å². The third-order valence-corrected chi connectivity index (χ3v) is 5.25. The molecule has 0 bridgehead atoms. The standard InChI is InChI=1S/C20H20N6O/c1-14-19(24-27-23-14)18-8-5-9-25(18)12-15-10-21-20-17(11-22-26(20)13-15)16-6-3-2-4-7-16/h2-4,6-7,10-11,13,18H,5,8-9,12H2,1H3/t18-/m1/s1. The second-order valence-electron chi connectivity index (χ2n) is 7.02. The summed E-state index contributed by atoms with van der Waals surface area (Å²) in [4.78, 5) is 7.11. The Kier molecular flexibility index (Phi) is 3.94. The second kappa shape index (κ2) is 6.59. The Bertz CT molecular complexity index is 1070. The van der Waals surface area contributed by atoms with E-state index in [4.69, 9.17) is 9.61 Å². The van der Waals surface area contributed by atoms with Crippen LogP contribution in [0.15, 0.2) is 53.6 Å². The second-order valence-corrected chi connectivity index (χ2v) is 7.02. The molecule has 0 N–H and O–H groups in total. The van der Waals surface area contributed by atoms with E-state index < -0.39 is 0 Å². The average molecular weight is 360 g/mol. The van der Waals surface area contributed by atoms with E-state index in [-0.39, 0.29) is 6.04 Å². The molecule has 1 atom stereocenters. The molecule has 4 aromatic rings. The fourth-order valence-electron chi connectivity index (χ4n) is 3.92. The largest absolute Gasteiger partial charge is 0.290 e. The highest BCUT2D eigenvalue weighted by molar-refractivity contribution is 5.76. The lowest BCUT2D eigenvalue weighted by molar-refractivity contribution is 0.231. The van der Waals surface area contributed by atoms with Crippen LogP contribution in [-0.2, 0) is 6.54 Å². The van der Waals surface area contributed by atoms with Crippen molar-refractivity contribution in [3.63, 3.8) is 0 Å². The van der Waals surface area contributed by atoms with Crippen molar-refractivity contribution in [2.75, 3.05) is 6.54 Å². The number of rotatable bonds is 4. The molecule has 1 saturated heterocycles. The number of fused-ring (bicyclic) bond motifs is 1. The van der Waals surface area contributed by atoms with Gasteiger partial charge in [-0.3, -0.25) is 4.90 Å². The minimum absolute atomic E-state index is 0.254. The number of hydrogen-bond acceptors (Lipinski definition) is 6. The fraction of sp³-hybridized carbons (Fsp3) is 0.300. The summed E-state index contributed by atoms with van der Waals surface area (Å²) >= 11 is 0. The summed E-state index contributed by atoms with van der Waals surface area (Å²) in [5.74, 6) is 0. The minimum Gasteiger partial charge on any atom is -0.290 e. The number of aryl methyl sites for hydroxylation is 1. The van der Waals surface area contributed by atoms with E-state index in [9.17, 15) is 0 Å². The van der Waals surface area contributed by atoms with Crippen LogP contribution in [0.25, 0.3) is 16.8 Å². The first-order valence-corrected chi connectivity index (χ1v) is 9.20. The van der Waals surface area contributed by atoms with Crippen molar-refractivity contribution in [1.29, 1.82) is 0 Å². The van der Waals surface area contributed by atoms with Crippen LogP contribution in [0.1, 0.15) is 35.8 Å². The summed E-state index contributed by atoms with van der Waals surface area (Å²) < 4.78 is 6.77. The highest BCUT2D eigenvalue weighted by Gasteiger charge is 2.30. The quantitative estimate of drug-likeness (QED) is 0.555. The number of nitrogens with zero attached hydrogens (tertiary/aromatic N) is 6.